The van der Waals surface area contributed by atoms with Gasteiger partial charge in [0.25, 0.3) is 0 Å². The molecule has 2 heterocycles. The molecule has 168 valence electrons. The number of carbonyl (C=O) groups is 3. The number of hydrogen-bond donors (Lipinski definition) is 2. The van der Waals surface area contributed by atoms with Crippen LogP contribution in [0.2, 0.25) is 0 Å². The fourth-order valence-electron chi connectivity index (χ4n) is 3.63. The van der Waals surface area contributed by atoms with Crippen LogP contribution in [0.3, 0.4) is 0 Å². The second-order valence-electron chi connectivity index (χ2n) is 8.80. The first-order valence-corrected chi connectivity index (χ1v) is 11.1. The van der Waals surface area contributed by atoms with Gasteiger partial charge in [0.2, 0.25) is 17.7 Å². The number of nitrogens with zero attached hydrogens (tertiary/aromatic N) is 2. The van der Waals surface area contributed by atoms with Gasteiger partial charge in [0, 0.05) is 38.0 Å². The second-order valence-corrected chi connectivity index (χ2v) is 9.83. The van der Waals surface area contributed by atoms with Crippen molar-refractivity contribution in [3.05, 3.63) is 22.4 Å². The molecule has 9 heteroatoms. The quantitative estimate of drug-likeness (QED) is 0.603. The van der Waals surface area contributed by atoms with Crippen molar-refractivity contribution in [3.8, 4) is 0 Å². The van der Waals surface area contributed by atoms with Crippen molar-refractivity contribution in [1.29, 1.82) is 0 Å². The maximum atomic E-state index is 13.2. The Balaban J connectivity index is 2.26. The van der Waals surface area contributed by atoms with Crippen LogP contribution in [0, 0.1) is 5.41 Å². The van der Waals surface area contributed by atoms with Gasteiger partial charge >= 0.3 is 0 Å². The van der Waals surface area contributed by atoms with E-state index in [1.807, 2.05) is 43.2 Å². The summed E-state index contributed by atoms with van der Waals surface area (Å²) in [6.07, 6.45) is 0.790. The van der Waals surface area contributed by atoms with E-state index in [0.29, 0.717) is 39.0 Å². The zero-order chi connectivity index (χ0) is 22.3. The highest BCUT2D eigenvalue weighted by molar-refractivity contribution is 7.09. The van der Waals surface area contributed by atoms with Gasteiger partial charge < -0.3 is 25.6 Å². The molecule has 2 rings (SSSR count). The Kier molecular flexibility index (Phi) is 8.81. The summed E-state index contributed by atoms with van der Waals surface area (Å²) in [5.41, 5.74) is 5.34. The smallest absolute Gasteiger partial charge is 0.249 e. The van der Waals surface area contributed by atoms with E-state index in [9.17, 15) is 14.4 Å². The molecule has 0 radical (unpaired) electrons. The number of likely N-dealkylation sites (tertiary alicyclic amines) is 1. The summed E-state index contributed by atoms with van der Waals surface area (Å²) < 4.78 is 5.00. The molecule has 30 heavy (non-hydrogen) atoms. The lowest BCUT2D eigenvalue weighted by molar-refractivity contribution is -0.141. The van der Waals surface area contributed by atoms with Crippen molar-refractivity contribution >= 4 is 29.1 Å². The summed E-state index contributed by atoms with van der Waals surface area (Å²) in [5.74, 6) is -0.470. The Hall–Kier alpha value is -1.97. The van der Waals surface area contributed by atoms with Crippen molar-refractivity contribution in [1.82, 2.24) is 15.1 Å². The number of amides is 3. The number of nitrogens with one attached hydrogen (secondary N) is 1. The van der Waals surface area contributed by atoms with Crippen molar-refractivity contribution in [2.75, 3.05) is 33.4 Å². The zero-order valence-electron chi connectivity index (χ0n) is 18.3. The number of thiophene rings is 1. The molecular formula is C21H34N4O4S. The molecule has 0 aromatic carbocycles. The highest BCUT2D eigenvalue weighted by atomic mass is 32.1. The van der Waals surface area contributed by atoms with Crippen LogP contribution in [-0.2, 0) is 25.7 Å². The standard InChI is InChI=1S/C21H34N4O4S/c1-21(2,3)11-18(26)24(13-16-6-5-9-30-16)15-10-17(20(28)23-8-7-22)25(12-15)19(27)14-29-4/h5-6,9,15,17H,7-8,10-14,22H2,1-4H3,(H,23,28). The fourth-order valence-corrected chi connectivity index (χ4v) is 4.33. The number of rotatable bonds is 9. The lowest BCUT2D eigenvalue weighted by Gasteiger charge is -2.31. The van der Waals surface area contributed by atoms with E-state index >= 15 is 0 Å². The molecule has 2 atom stereocenters. The summed E-state index contributed by atoms with van der Waals surface area (Å²) in [7, 11) is 1.45. The van der Waals surface area contributed by atoms with Gasteiger partial charge in [-0.15, -0.1) is 11.3 Å². The predicted molar refractivity (Wildman–Crippen MR) is 117 cm³/mol. The van der Waals surface area contributed by atoms with Crippen LogP contribution in [0.1, 0.15) is 38.5 Å². The summed E-state index contributed by atoms with van der Waals surface area (Å²) >= 11 is 1.59. The molecule has 1 aromatic heterocycles. The molecule has 1 aromatic rings. The van der Waals surface area contributed by atoms with Crippen LogP contribution in [0.25, 0.3) is 0 Å². The van der Waals surface area contributed by atoms with Crippen LogP contribution in [0.15, 0.2) is 17.5 Å². The van der Waals surface area contributed by atoms with Crippen LogP contribution < -0.4 is 11.1 Å². The Bertz CT molecular complexity index is 717. The number of carbonyl (C=O) groups excluding carboxylic acids is 3. The number of methoxy groups -OCH3 is 1. The molecule has 3 amide bonds. The third-order valence-corrected chi connectivity index (χ3v) is 5.82. The van der Waals surface area contributed by atoms with Crippen molar-refractivity contribution < 1.29 is 19.1 Å². The highest BCUT2D eigenvalue weighted by Gasteiger charge is 2.43. The van der Waals surface area contributed by atoms with E-state index in [-0.39, 0.29) is 35.8 Å². The summed E-state index contributed by atoms with van der Waals surface area (Å²) in [6.45, 7) is 7.43. The fraction of sp³-hybridized carbons (Fsp3) is 0.667. The molecule has 8 nitrogen and oxygen atoms in total. The number of ether oxygens (including phenoxy) is 1. The Morgan fingerprint density at radius 1 is 1.37 bits per heavy atom. The molecule has 0 aliphatic carbocycles. The van der Waals surface area contributed by atoms with Gasteiger partial charge in [-0.25, -0.2) is 0 Å². The van der Waals surface area contributed by atoms with E-state index in [1.54, 1.807) is 11.3 Å². The molecule has 0 saturated carbocycles. The third kappa shape index (κ3) is 6.78. The topological polar surface area (TPSA) is 105 Å². The maximum Gasteiger partial charge on any atom is 0.249 e. The van der Waals surface area contributed by atoms with Crippen molar-refractivity contribution in [2.24, 2.45) is 11.1 Å². The third-order valence-electron chi connectivity index (χ3n) is 4.96. The van der Waals surface area contributed by atoms with Crippen LogP contribution in [-0.4, -0.2) is 73.0 Å². The average Bonchev–Trinajstić information content (AvgIpc) is 3.32. The molecule has 1 aliphatic heterocycles. The van der Waals surface area contributed by atoms with Crippen molar-refractivity contribution in [3.63, 3.8) is 0 Å². The van der Waals surface area contributed by atoms with Gasteiger partial charge in [0.1, 0.15) is 12.6 Å². The zero-order valence-corrected chi connectivity index (χ0v) is 19.2. The lowest BCUT2D eigenvalue weighted by Crippen LogP contribution is -2.48. The number of nitrogens with two attached hydrogens (primary N) is 1. The van der Waals surface area contributed by atoms with Gasteiger partial charge in [-0.2, -0.15) is 0 Å². The number of hydrogen-bond acceptors (Lipinski definition) is 6. The van der Waals surface area contributed by atoms with Crippen LogP contribution in [0.4, 0.5) is 0 Å². The normalized spacial score (nSPS) is 19.0. The summed E-state index contributed by atoms with van der Waals surface area (Å²) in [4.78, 5) is 43.0. The van der Waals surface area contributed by atoms with Gasteiger partial charge in [-0.3, -0.25) is 14.4 Å². The van der Waals surface area contributed by atoms with E-state index in [1.165, 1.54) is 12.0 Å². The summed E-state index contributed by atoms with van der Waals surface area (Å²) in [6, 6.07) is 3.07. The molecule has 1 fully saturated rings. The molecule has 0 bridgehead atoms. The minimum absolute atomic E-state index is 0.0306. The van der Waals surface area contributed by atoms with Crippen molar-refractivity contribution in [2.45, 2.75) is 52.2 Å². The minimum Gasteiger partial charge on any atom is -0.375 e. The molecule has 0 spiro atoms. The maximum absolute atomic E-state index is 13.2. The van der Waals surface area contributed by atoms with Gasteiger partial charge in [-0.05, 0) is 23.3 Å². The first-order valence-electron chi connectivity index (χ1n) is 10.2. The Morgan fingerprint density at radius 2 is 2.10 bits per heavy atom. The van der Waals surface area contributed by atoms with Crippen LogP contribution in [0.5, 0.6) is 0 Å². The molecule has 3 N–H and O–H groups in total. The van der Waals surface area contributed by atoms with Gasteiger partial charge in [0.15, 0.2) is 0 Å². The SMILES string of the molecule is COCC(=O)N1CC(N(Cc2cccs2)C(=O)CC(C)(C)C)CC1C(=O)NCCN. The largest absolute Gasteiger partial charge is 0.375 e. The average molecular weight is 439 g/mol. The molecule has 2 unspecified atom stereocenters. The van der Waals surface area contributed by atoms with E-state index in [4.69, 9.17) is 10.5 Å². The van der Waals surface area contributed by atoms with Gasteiger partial charge in [0.05, 0.1) is 12.6 Å². The molecular weight excluding hydrogens is 404 g/mol. The first kappa shape index (κ1) is 24.3. The van der Waals surface area contributed by atoms with Gasteiger partial charge in [-0.1, -0.05) is 26.8 Å². The van der Waals surface area contributed by atoms with E-state index < -0.39 is 6.04 Å². The Morgan fingerprint density at radius 3 is 2.67 bits per heavy atom. The van der Waals surface area contributed by atoms with Crippen LogP contribution >= 0.6 is 11.3 Å². The van der Waals surface area contributed by atoms with E-state index in [2.05, 4.69) is 5.32 Å². The monoisotopic (exact) mass is 438 g/mol. The lowest BCUT2D eigenvalue weighted by atomic mass is 9.91. The molecule has 1 saturated heterocycles. The van der Waals surface area contributed by atoms with E-state index in [0.717, 1.165) is 4.88 Å². The highest BCUT2D eigenvalue weighted by Crippen LogP contribution is 2.28. The summed E-state index contributed by atoms with van der Waals surface area (Å²) in [5, 5.41) is 4.75. The second kappa shape index (κ2) is 10.9. The predicted octanol–water partition coefficient (Wildman–Crippen LogP) is 1.20. The first-order chi connectivity index (χ1) is 14.2. The Labute approximate surface area is 182 Å². The minimum atomic E-state index is -0.641. The molecule has 1 aliphatic rings.